The smallest absolute Gasteiger partial charge is 0.108 e. The summed E-state index contributed by atoms with van der Waals surface area (Å²) in [7, 11) is 0. The molecule has 5 heteroatoms. The number of nitrogens with two attached hydrogens (primary N) is 1. The Morgan fingerprint density at radius 1 is 1.20 bits per heavy atom. The summed E-state index contributed by atoms with van der Waals surface area (Å²) in [5, 5.41) is 0. The third kappa shape index (κ3) is 3.16. The summed E-state index contributed by atoms with van der Waals surface area (Å²) in [6, 6.07) is 14.1. The minimum absolute atomic E-state index is 0.760. The van der Waals surface area contributed by atoms with Crippen LogP contribution < -0.4 is 5.73 Å². The van der Waals surface area contributed by atoms with Crippen molar-refractivity contribution in [2.24, 2.45) is 0 Å². The maximum Gasteiger partial charge on any atom is 0.108 e. The number of thioether (sulfide) groups is 1. The van der Waals surface area contributed by atoms with E-state index in [0.29, 0.717) is 0 Å². The molecule has 1 heterocycles. The number of nitrogens with zero attached hydrogens (tertiary/aromatic N) is 1. The van der Waals surface area contributed by atoms with Crippen molar-refractivity contribution >= 4 is 44.4 Å². The molecule has 2 aromatic carbocycles. The third-order valence-corrected chi connectivity index (χ3v) is 4.45. The van der Waals surface area contributed by atoms with Crippen molar-refractivity contribution in [1.29, 1.82) is 0 Å². The number of hydrogen-bond donors (Lipinski definition) is 2. The van der Waals surface area contributed by atoms with Crippen molar-refractivity contribution < 1.29 is 0 Å². The first-order valence-electron chi connectivity index (χ1n) is 6.33. The lowest BCUT2D eigenvalue weighted by molar-refractivity contribution is 1.01. The van der Waals surface area contributed by atoms with Gasteiger partial charge in [-0.3, -0.25) is 0 Å². The summed E-state index contributed by atoms with van der Waals surface area (Å²) in [6.07, 6.45) is 0.908. The van der Waals surface area contributed by atoms with Crippen LogP contribution in [-0.4, -0.2) is 15.7 Å². The van der Waals surface area contributed by atoms with Crippen LogP contribution >= 0.6 is 27.7 Å². The second kappa shape index (κ2) is 5.89. The van der Waals surface area contributed by atoms with Gasteiger partial charge in [0.1, 0.15) is 5.82 Å². The Hall–Kier alpha value is -1.46. The number of H-pyrrole nitrogens is 1. The van der Waals surface area contributed by atoms with Crippen LogP contribution in [0.1, 0.15) is 5.82 Å². The molecule has 0 fully saturated rings. The fourth-order valence-electron chi connectivity index (χ4n) is 2.02. The maximum atomic E-state index is 5.77. The Morgan fingerprint density at radius 2 is 2.10 bits per heavy atom. The highest BCUT2D eigenvalue weighted by Gasteiger charge is 2.03. The van der Waals surface area contributed by atoms with E-state index in [0.717, 1.165) is 39.2 Å². The molecule has 1 aromatic heterocycles. The van der Waals surface area contributed by atoms with Crippen LogP contribution in [0.4, 0.5) is 5.69 Å². The molecule has 0 atom stereocenters. The van der Waals surface area contributed by atoms with Gasteiger partial charge in [-0.15, -0.1) is 11.8 Å². The van der Waals surface area contributed by atoms with E-state index in [4.69, 9.17) is 5.73 Å². The van der Waals surface area contributed by atoms with Crippen LogP contribution in [-0.2, 0) is 6.42 Å². The lowest BCUT2D eigenvalue weighted by Gasteiger charge is -2.00. The van der Waals surface area contributed by atoms with E-state index in [-0.39, 0.29) is 0 Å². The largest absolute Gasteiger partial charge is 0.399 e. The Morgan fingerprint density at radius 3 is 2.95 bits per heavy atom. The van der Waals surface area contributed by atoms with Crippen LogP contribution in [0.2, 0.25) is 0 Å². The van der Waals surface area contributed by atoms with Crippen molar-refractivity contribution in [2.45, 2.75) is 11.3 Å². The molecule has 0 unspecified atom stereocenters. The fourth-order valence-corrected chi connectivity index (χ4v) is 3.49. The van der Waals surface area contributed by atoms with Crippen LogP contribution in [0.3, 0.4) is 0 Å². The lowest BCUT2D eigenvalue weighted by atomic mass is 10.3. The number of hydrogen-bond acceptors (Lipinski definition) is 3. The highest BCUT2D eigenvalue weighted by atomic mass is 79.9. The van der Waals surface area contributed by atoms with E-state index in [1.54, 1.807) is 0 Å². The monoisotopic (exact) mass is 347 g/mol. The van der Waals surface area contributed by atoms with Crippen LogP contribution in [0.15, 0.2) is 51.8 Å². The number of nitrogen functional groups attached to an aromatic ring is 1. The molecule has 0 aliphatic rings. The lowest BCUT2D eigenvalue weighted by Crippen LogP contribution is -1.90. The van der Waals surface area contributed by atoms with Gasteiger partial charge in [-0.05, 0) is 36.4 Å². The number of aromatic nitrogens is 2. The number of aromatic amines is 1. The molecule has 0 bridgehead atoms. The summed E-state index contributed by atoms with van der Waals surface area (Å²) in [6.45, 7) is 0. The number of anilines is 1. The standard InChI is InChI=1S/C15H14BrN3S/c16-10-2-1-3-12(8-10)20-7-6-15-18-13-5-4-11(17)9-14(13)19-15/h1-5,8-9H,6-7,17H2,(H,18,19). The van der Waals surface area contributed by atoms with E-state index >= 15 is 0 Å². The summed E-state index contributed by atoms with van der Waals surface area (Å²) in [5.74, 6) is 2.00. The third-order valence-electron chi connectivity index (χ3n) is 2.96. The van der Waals surface area contributed by atoms with E-state index in [1.807, 2.05) is 36.0 Å². The maximum absolute atomic E-state index is 5.77. The van der Waals surface area contributed by atoms with Crippen molar-refractivity contribution in [3.63, 3.8) is 0 Å². The van der Waals surface area contributed by atoms with Crippen LogP contribution in [0.5, 0.6) is 0 Å². The number of fused-ring (bicyclic) bond motifs is 1. The van der Waals surface area contributed by atoms with E-state index in [2.05, 4.69) is 44.1 Å². The molecule has 3 N–H and O–H groups in total. The van der Waals surface area contributed by atoms with Gasteiger partial charge < -0.3 is 10.7 Å². The van der Waals surface area contributed by atoms with Crippen molar-refractivity contribution in [2.75, 3.05) is 11.5 Å². The summed E-state index contributed by atoms with van der Waals surface area (Å²) in [4.78, 5) is 9.15. The zero-order chi connectivity index (χ0) is 13.9. The Bertz CT molecular complexity index is 739. The molecule has 0 spiro atoms. The van der Waals surface area contributed by atoms with Crippen molar-refractivity contribution in [3.05, 3.63) is 52.8 Å². The Balaban J connectivity index is 1.65. The van der Waals surface area contributed by atoms with E-state index < -0.39 is 0 Å². The summed E-state index contributed by atoms with van der Waals surface area (Å²) >= 11 is 5.31. The van der Waals surface area contributed by atoms with Gasteiger partial charge >= 0.3 is 0 Å². The molecular weight excluding hydrogens is 334 g/mol. The van der Waals surface area contributed by atoms with Gasteiger partial charge in [-0.2, -0.15) is 0 Å². The van der Waals surface area contributed by atoms with Gasteiger partial charge in [0.05, 0.1) is 11.0 Å². The molecule has 0 radical (unpaired) electrons. The number of nitrogens with one attached hydrogen (secondary N) is 1. The summed E-state index contributed by atoms with van der Waals surface area (Å²) < 4.78 is 1.11. The second-order valence-electron chi connectivity index (χ2n) is 4.52. The van der Waals surface area contributed by atoms with E-state index in [1.165, 1.54) is 4.90 Å². The highest BCUT2D eigenvalue weighted by molar-refractivity contribution is 9.10. The average Bonchev–Trinajstić information content (AvgIpc) is 2.80. The number of halogens is 1. The fraction of sp³-hybridized carbons (Fsp3) is 0.133. The zero-order valence-electron chi connectivity index (χ0n) is 10.8. The van der Waals surface area contributed by atoms with Gasteiger partial charge in [0.2, 0.25) is 0 Å². The second-order valence-corrected chi connectivity index (χ2v) is 6.60. The van der Waals surface area contributed by atoms with Crippen molar-refractivity contribution in [1.82, 2.24) is 9.97 Å². The minimum atomic E-state index is 0.760. The quantitative estimate of drug-likeness (QED) is 0.548. The first kappa shape index (κ1) is 13.5. The molecule has 0 aliphatic carbocycles. The van der Waals surface area contributed by atoms with Gasteiger partial charge in [-0.25, -0.2) is 4.98 Å². The molecule has 102 valence electrons. The normalized spacial score (nSPS) is 11.1. The highest BCUT2D eigenvalue weighted by Crippen LogP contribution is 2.23. The molecule has 0 aliphatic heterocycles. The molecule has 0 saturated heterocycles. The van der Waals surface area contributed by atoms with Crippen LogP contribution in [0, 0.1) is 0 Å². The molecule has 0 saturated carbocycles. The molecule has 20 heavy (non-hydrogen) atoms. The molecule has 3 aromatic rings. The number of imidazole rings is 1. The van der Waals surface area contributed by atoms with E-state index in [9.17, 15) is 0 Å². The molecular formula is C15H14BrN3S. The van der Waals surface area contributed by atoms with Crippen LogP contribution in [0.25, 0.3) is 11.0 Å². The first-order chi connectivity index (χ1) is 9.70. The van der Waals surface area contributed by atoms with Crippen molar-refractivity contribution in [3.8, 4) is 0 Å². The number of rotatable bonds is 4. The SMILES string of the molecule is Nc1ccc2nc(CCSc3cccc(Br)c3)[nH]c2c1. The molecule has 3 nitrogen and oxygen atoms in total. The Labute approximate surface area is 130 Å². The summed E-state index contributed by atoms with van der Waals surface area (Å²) in [5.41, 5.74) is 8.51. The number of aryl methyl sites for hydroxylation is 1. The number of benzene rings is 2. The first-order valence-corrected chi connectivity index (χ1v) is 8.11. The predicted octanol–water partition coefficient (Wildman–Crippen LogP) is 4.24. The van der Waals surface area contributed by atoms with Gasteiger partial charge in [-0.1, -0.05) is 22.0 Å². The topological polar surface area (TPSA) is 54.7 Å². The predicted molar refractivity (Wildman–Crippen MR) is 89.1 cm³/mol. The van der Waals surface area contributed by atoms with Gasteiger partial charge in [0.15, 0.2) is 0 Å². The average molecular weight is 348 g/mol. The minimum Gasteiger partial charge on any atom is -0.399 e. The molecule has 3 rings (SSSR count). The zero-order valence-corrected chi connectivity index (χ0v) is 13.2. The van der Waals surface area contributed by atoms with Gasteiger partial charge in [0.25, 0.3) is 0 Å². The molecule has 0 amide bonds. The van der Waals surface area contributed by atoms with Gasteiger partial charge in [0, 0.05) is 27.2 Å². The Kier molecular flexibility index (Phi) is 3.98.